The van der Waals surface area contributed by atoms with Gasteiger partial charge in [-0.25, -0.2) is 0 Å². The Morgan fingerprint density at radius 1 is 1.13 bits per heavy atom. The van der Waals surface area contributed by atoms with Crippen molar-refractivity contribution in [1.29, 1.82) is 0 Å². The Balaban J connectivity index is 0.00000264. The lowest BCUT2D eigenvalue weighted by Crippen LogP contribution is -2.15. The predicted molar refractivity (Wildman–Crippen MR) is 97.3 cm³/mol. The first-order chi connectivity index (χ1) is 10.7. The molecule has 0 spiro atoms. The Hall–Kier alpha value is -2.20. The highest BCUT2D eigenvalue weighted by molar-refractivity contribution is 5.93. The summed E-state index contributed by atoms with van der Waals surface area (Å²) < 4.78 is 5.71. The lowest BCUT2D eigenvalue weighted by Gasteiger charge is -2.12. The number of hydrogen-bond acceptors (Lipinski definition) is 3. The number of halogens is 1. The van der Waals surface area contributed by atoms with Crippen LogP contribution >= 0.6 is 12.4 Å². The van der Waals surface area contributed by atoms with Gasteiger partial charge in [0, 0.05) is 5.69 Å². The molecule has 124 valence electrons. The summed E-state index contributed by atoms with van der Waals surface area (Å²) in [7, 11) is 0. The Morgan fingerprint density at radius 3 is 2.52 bits per heavy atom. The molecule has 1 amide bonds. The molecule has 0 atom stereocenters. The van der Waals surface area contributed by atoms with Crippen molar-refractivity contribution < 1.29 is 9.53 Å². The largest absolute Gasteiger partial charge is 0.491 e. The fraction of sp³-hybridized carbons (Fsp3) is 0.278. The topological polar surface area (TPSA) is 64.3 Å². The van der Waals surface area contributed by atoms with E-state index in [-0.39, 0.29) is 18.3 Å². The van der Waals surface area contributed by atoms with Crippen LogP contribution in [0.25, 0.3) is 0 Å². The summed E-state index contributed by atoms with van der Waals surface area (Å²) in [4.78, 5) is 12.2. The summed E-state index contributed by atoms with van der Waals surface area (Å²) in [6.07, 6.45) is 2.38. The van der Waals surface area contributed by atoms with Crippen molar-refractivity contribution in [3.8, 4) is 5.75 Å². The number of amides is 1. The van der Waals surface area contributed by atoms with Crippen molar-refractivity contribution in [3.63, 3.8) is 0 Å². The Kier molecular flexibility index (Phi) is 7.98. The van der Waals surface area contributed by atoms with Crippen molar-refractivity contribution in [1.82, 2.24) is 0 Å². The maximum Gasteiger partial charge on any atom is 0.228 e. The highest BCUT2D eigenvalue weighted by atomic mass is 35.5. The number of carbonyl (C=O) groups is 1. The van der Waals surface area contributed by atoms with Crippen molar-refractivity contribution in [2.75, 3.05) is 17.7 Å². The summed E-state index contributed by atoms with van der Waals surface area (Å²) >= 11 is 0. The van der Waals surface area contributed by atoms with Crippen LogP contribution in [0.2, 0.25) is 0 Å². The molecule has 0 aliphatic heterocycles. The van der Waals surface area contributed by atoms with Crippen LogP contribution in [0, 0.1) is 0 Å². The van der Waals surface area contributed by atoms with Gasteiger partial charge >= 0.3 is 0 Å². The Morgan fingerprint density at radius 2 is 1.83 bits per heavy atom. The van der Waals surface area contributed by atoms with E-state index in [2.05, 4.69) is 12.2 Å². The second-order valence-corrected chi connectivity index (χ2v) is 5.16. The van der Waals surface area contributed by atoms with Gasteiger partial charge in [0.2, 0.25) is 5.91 Å². The van der Waals surface area contributed by atoms with E-state index in [4.69, 9.17) is 10.5 Å². The molecule has 0 fully saturated rings. The Labute approximate surface area is 143 Å². The minimum Gasteiger partial charge on any atom is -0.491 e. The van der Waals surface area contributed by atoms with Crippen LogP contribution in [0.15, 0.2) is 48.5 Å². The second-order valence-electron chi connectivity index (χ2n) is 5.16. The van der Waals surface area contributed by atoms with E-state index in [9.17, 15) is 4.79 Å². The lowest BCUT2D eigenvalue weighted by atomic mass is 10.1. The molecule has 5 heteroatoms. The number of benzene rings is 2. The van der Waals surface area contributed by atoms with Crippen LogP contribution in [-0.4, -0.2) is 12.5 Å². The highest BCUT2D eigenvalue weighted by Gasteiger charge is 2.08. The fourth-order valence-electron chi connectivity index (χ4n) is 2.04. The normalized spacial score (nSPS) is 9.78. The van der Waals surface area contributed by atoms with Gasteiger partial charge in [0.1, 0.15) is 5.75 Å². The van der Waals surface area contributed by atoms with Crippen LogP contribution in [0.4, 0.5) is 11.4 Å². The van der Waals surface area contributed by atoms with Gasteiger partial charge in [-0.3, -0.25) is 4.79 Å². The quantitative estimate of drug-likeness (QED) is 0.593. The highest BCUT2D eigenvalue weighted by Crippen LogP contribution is 2.24. The summed E-state index contributed by atoms with van der Waals surface area (Å²) in [5.41, 5.74) is 7.97. The van der Waals surface area contributed by atoms with Gasteiger partial charge in [0.15, 0.2) is 0 Å². The average Bonchev–Trinajstić information content (AvgIpc) is 2.51. The van der Waals surface area contributed by atoms with Gasteiger partial charge in [-0.05, 0) is 36.2 Å². The molecule has 2 aromatic rings. The first kappa shape index (κ1) is 18.8. The molecular formula is C18H23ClN2O2. The van der Waals surface area contributed by atoms with Crippen LogP contribution in [0.1, 0.15) is 25.3 Å². The summed E-state index contributed by atoms with van der Waals surface area (Å²) in [5, 5.41) is 2.91. The third kappa shape index (κ3) is 6.20. The monoisotopic (exact) mass is 334 g/mol. The zero-order valence-electron chi connectivity index (χ0n) is 13.2. The number of nitrogen functional groups attached to an aromatic ring is 1. The maximum absolute atomic E-state index is 12.2. The molecule has 0 heterocycles. The lowest BCUT2D eigenvalue weighted by molar-refractivity contribution is -0.115. The number of nitrogens with two attached hydrogens (primary N) is 1. The minimum atomic E-state index is -0.0729. The van der Waals surface area contributed by atoms with E-state index in [1.165, 1.54) is 0 Å². The minimum absolute atomic E-state index is 0. The molecule has 0 bridgehead atoms. The zero-order valence-corrected chi connectivity index (χ0v) is 14.1. The smallest absolute Gasteiger partial charge is 0.228 e. The first-order valence-corrected chi connectivity index (χ1v) is 7.55. The van der Waals surface area contributed by atoms with Gasteiger partial charge in [-0.15, -0.1) is 12.4 Å². The average molecular weight is 335 g/mol. The van der Waals surface area contributed by atoms with E-state index in [0.29, 0.717) is 30.2 Å². The first-order valence-electron chi connectivity index (χ1n) is 7.55. The molecule has 4 nitrogen and oxygen atoms in total. The molecule has 2 rings (SSSR count). The second kappa shape index (κ2) is 9.74. The van der Waals surface area contributed by atoms with Crippen LogP contribution < -0.4 is 15.8 Å². The van der Waals surface area contributed by atoms with Gasteiger partial charge in [0.05, 0.1) is 18.7 Å². The molecule has 0 aliphatic carbocycles. The van der Waals surface area contributed by atoms with Crippen LogP contribution in [-0.2, 0) is 11.2 Å². The van der Waals surface area contributed by atoms with Gasteiger partial charge in [-0.2, -0.15) is 0 Å². The number of carbonyl (C=O) groups excluding carboxylic acids is 1. The molecular weight excluding hydrogens is 312 g/mol. The standard InChI is InChI=1S/C18H22N2O2.ClH/c1-2-3-12-22-17-7-5-4-6-16(17)20-18(21)13-14-8-10-15(19)11-9-14;/h4-11H,2-3,12-13,19H2,1H3,(H,20,21);1H. The summed E-state index contributed by atoms with van der Waals surface area (Å²) in [5.74, 6) is 0.637. The van der Waals surface area contributed by atoms with Crippen molar-refractivity contribution in [2.24, 2.45) is 0 Å². The number of rotatable bonds is 7. The summed E-state index contributed by atoms with van der Waals surface area (Å²) in [6, 6.07) is 14.8. The molecule has 0 saturated heterocycles. The number of anilines is 2. The van der Waals surface area contributed by atoms with Gasteiger partial charge < -0.3 is 15.8 Å². The Bertz CT molecular complexity index is 615. The third-order valence-corrected chi connectivity index (χ3v) is 3.26. The predicted octanol–water partition coefficient (Wildman–Crippen LogP) is 4.05. The molecule has 3 N–H and O–H groups in total. The molecule has 2 aromatic carbocycles. The third-order valence-electron chi connectivity index (χ3n) is 3.26. The summed E-state index contributed by atoms with van der Waals surface area (Å²) in [6.45, 7) is 2.77. The van der Waals surface area contributed by atoms with E-state index in [0.717, 1.165) is 18.4 Å². The number of para-hydroxylation sites is 2. The van der Waals surface area contributed by atoms with Crippen molar-refractivity contribution >= 4 is 29.7 Å². The maximum atomic E-state index is 12.2. The molecule has 23 heavy (non-hydrogen) atoms. The van der Waals surface area contributed by atoms with E-state index in [1.807, 2.05) is 36.4 Å². The molecule has 0 aliphatic rings. The van der Waals surface area contributed by atoms with Gasteiger partial charge in [-0.1, -0.05) is 37.6 Å². The molecule has 0 aromatic heterocycles. The molecule has 0 saturated carbocycles. The fourth-order valence-corrected chi connectivity index (χ4v) is 2.04. The number of nitrogens with one attached hydrogen (secondary N) is 1. The SMILES string of the molecule is CCCCOc1ccccc1NC(=O)Cc1ccc(N)cc1.Cl. The van der Waals surface area contributed by atoms with Crippen molar-refractivity contribution in [3.05, 3.63) is 54.1 Å². The van der Waals surface area contributed by atoms with Crippen LogP contribution in [0.3, 0.4) is 0 Å². The molecule has 0 radical (unpaired) electrons. The molecule has 0 unspecified atom stereocenters. The number of hydrogen-bond donors (Lipinski definition) is 2. The zero-order chi connectivity index (χ0) is 15.8. The van der Waals surface area contributed by atoms with Gasteiger partial charge in [0.25, 0.3) is 0 Å². The van der Waals surface area contributed by atoms with E-state index in [1.54, 1.807) is 12.1 Å². The van der Waals surface area contributed by atoms with E-state index < -0.39 is 0 Å². The van der Waals surface area contributed by atoms with Crippen molar-refractivity contribution in [2.45, 2.75) is 26.2 Å². The van der Waals surface area contributed by atoms with E-state index >= 15 is 0 Å². The van der Waals surface area contributed by atoms with Crippen LogP contribution in [0.5, 0.6) is 5.75 Å². The number of ether oxygens (including phenoxy) is 1. The number of unbranched alkanes of at least 4 members (excludes halogenated alkanes) is 1.